The SMILES string of the molecule is CCOc1cc(/C=C(\C#N)C(=O)Nc2ccc(OCc3ccccc3)cc2)cc(Cl)c1OCc1cccc(C)c1. The molecule has 0 unspecified atom stereocenters. The van der Waals surface area contributed by atoms with Crippen molar-refractivity contribution in [2.45, 2.75) is 27.1 Å². The molecule has 6 nitrogen and oxygen atoms in total. The van der Waals surface area contributed by atoms with Crippen LogP contribution in [0.1, 0.15) is 29.2 Å². The number of carbonyl (C=O) groups is 1. The number of ether oxygens (including phenoxy) is 3. The van der Waals surface area contributed by atoms with Crippen molar-refractivity contribution in [1.29, 1.82) is 5.26 Å². The number of amides is 1. The van der Waals surface area contributed by atoms with Crippen molar-refractivity contribution >= 4 is 29.3 Å². The van der Waals surface area contributed by atoms with Gasteiger partial charge in [-0.15, -0.1) is 0 Å². The molecule has 4 aromatic carbocycles. The molecule has 0 heterocycles. The first-order chi connectivity index (χ1) is 19.4. The van der Waals surface area contributed by atoms with Crippen LogP contribution in [-0.2, 0) is 18.0 Å². The first-order valence-electron chi connectivity index (χ1n) is 12.8. The van der Waals surface area contributed by atoms with E-state index in [-0.39, 0.29) is 5.57 Å². The van der Waals surface area contributed by atoms with Crippen LogP contribution in [0.15, 0.2) is 96.6 Å². The second kappa shape index (κ2) is 13.9. The van der Waals surface area contributed by atoms with Crippen molar-refractivity contribution < 1.29 is 19.0 Å². The molecule has 0 spiro atoms. The Morgan fingerprint density at radius 2 is 1.62 bits per heavy atom. The molecule has 7 heteroatoms. The van der Waals surface area contributed by atoms with Gasteiger partial charge in [0, 0.05) is 5.69 Å². The average molecular weight is 553 g/mol. The summed E-state index contributed by atoms with van der Waals surface area (Å²) in [7, 11) is 0. The Kier molecular flexibility index (Phi) is 9.82. The van der Waals surface area contributed by atoms with Gasteiger partial charge in [-0.05, 0) is 73.0 Å². The third kappa shape index (κ3) is 7.89. The van der Waals surface area contributed by atoms with E-state index in [0.29, 0.717) is 53.3 Å². The van der Waals surface area contributed by atoms with Gasteiger partial charge in [0.05, 0.1) is 11.6 Å². The van der Waals surface area contributed by atoms with Gasteiger partial charge in [-0.1, -0.05) is 71.8 Å². The first kappa shape index (κ1) is 28.3. The van der Waals surface area contributed by atoms with E-state index in [4.69, 9.17) is 25.8 Å². The molecule has 0 saturated heterocycles. The van der Waals surface area contributed by atoms with Gasteiger partial charge in [0.2, 0.25) is 0 Å². The lowest BCUT2D eigenvalue weighted by atomic mass is 10.1. The number of anilines is 1. The summed E-state index contributed by atoms with van der Waals surface area (Å²) in [6.45, 7) is 5.02. The van der Waals surface area contributed by atoms with Gasteiger partial charge < -0.3 is 19.5 Å². The van der Waals surface area contributed by atoms with E-state index in [9.17, 15) is 10.1 Å². The Morgan fingerprint density at radius 1 is 0.900 bits per heavy atom. The largest absolute Gasteiger partial charge is 0.490 e. The predicted molar refractivity (Wildman–Crippen MR) is 158 cm³/mol. The molecule has 1 amide bonds. The summed E-state index contributed by atoms with van der Waals surface area (Å²) in [6.07, 6.45) is 1.46. The Hall–Kier alpha value is -4.73. The molecule has 40 heavy (non-hydrogen) atoms. The minimum Gasteiger partial charge on any atom is -0.490 e. The van der Waals surface area contributed by atoms with Gasteiger partial charge in [0.25, 0.3) is 5.91 Å². The lowest BCUT2D eigenvalue weighted by Crippen LogP contribution is -2.13. The minimum atomic E-state index is -0.547. The highest BCUT2D eigenvalue weighted by atomic mass is 35.5. The van der Waals surface area contributed by atoms with Crippen LogP contribution in [0.4, 0.5) is 5.69 Å². The lowest BCUT2D eigenvalue weighted by molar-refractivity contribution is -0.112. The number of nitrogens with one attached hydrogen (secondary N) is 1. The zero-order chi connectivity index (χ0) is 28.3. The number of carbonyl (C=O) groups excluding carboxylic acids is 1. The molecule has 4 rings (SSSR count). The number of nitrogens with zero attached hydrogens (tertiary/aromatic N) is 1. The van der Waals surface area contributed by atoms with Gasteiger partial charge >= 0.3 is 0 Å². The first-order valence-corrected chi connectivity index (χ1v) is 13.2. The Morgan fingerprint density at radius 3 is 2.33 bits per heavy atom. The predicted octanol–water partition coefficient (Wildman–Crippen LogP) is 7.75. The zero-order valence-corrected chi connectivity index (χ0v) is 23.1. The summed E-state index contributed by atoms with van der Waals surface area (Å²) in [5, 5.41) is 12.8. The van der Waals surface area contributed by atoms with Crippen molar-refractivity contribution in [3.05, 3.63) is 124 Å². The van der Waals surface area contributed by atoms with Crippen molar-refractivity contribution in [2.24, 2.45) is 0 Å². The third-order valence-corrected chi connectivity index (χ3v) is 6.11. The maximum absolute atomic E-state index is 12.9. The van der Waals surface area contributed by atoms with Gasteiger partial charge in [0.15, 0.2) is 11.5 Å². The van der Waals surface area contributed by atoms with Crippen LogP contribution in [-0.4, -0.2) is 12.5 Å². The number of hydrogen-bond acceptors (Lipinski definition) is 5. The smallest absolute Gasteiger partial charge is 0.266 e. The summed E-state index contributed by atoms with van der Waals surface area (Å²) in [6, 6.07) is 30.1. The topological polar surface area (TPSA) is 80.6 Å². The molecule has 1 N–H and O–H groups in total. The van der Waals surface area contributed by atoms with Crippen LogP contribution < -0.4 is 19.5 Å². The molecule has 0 radical (unpaired) electrons. The second-order valence-corrected chi connectivity index (χ2v) is 9.37. The summed E-state index contributed by atoms with van der Waals surface area (Å²) in [4.78, 5) is 12.9. The summed E-state index contributed by atoms with van der Waals surface area (Å²) >= 11 is 6.55. The van der Waals surface area contributed by atoms with Gasteiger partial charge in [-0.25, -0.2) is 0 Å². The second-order valence-electron chi connectivity index (χ2n) is 8.96. The van der Waals surface area contributed by atoms with Crippen molar-refractivity contribution in [1.82, 2.24) is 0 Å². The third-order valence-electron chi connectivity index (χ3n) is 5.83. The van der Waals surface area contributed by atoms with Gasteiger partial charge in [-0.2, -0.15) is 5.26 Å². The standard InChI is InChI=1S/C33H29ClN2O4/c1-3-38-31-19-26(18-30(34)32(31)40-22-25-11-7-8-23(2)16-25)17-27(20-35)33(37)36-28-12-14-29(15-13-28)39-21-24-9-5-4-6-10-24/h4-19H,3,21-22H2,1-2H3,(H,36,37)/b27-17+. The zero-order valence-electron chi connectivity index (χ0n) is 22.3. The van der Waals surface area contributed by atoms with E-state index in [0.717, 1.165) is 16.7 Å². The molecule has 0 aliphatic carbocycles. The van der Waals surface area contributed by atoms with Crippen LogP contribution in [0.2, 0.25) is 5.02 Å². The number of halogens is 1. The molecule has 0 saturated carbocycles. The molecule has 4 aromatic rings. The fourth-order valence-electron chi connectivity index (χ4n) is 3.92. The number of rotatable bonds is 11. The number of nitriles is 1. The van der Waals surface area contributed by atoms with Crippen molar-refractivity contribution in [2.75, 3.05) is 11.9 Å². The van der Waals surface area contributed by atoms with Crippen molar-refractivity contribution in [3.8, 4) is 23.3 Å². The quantitative estimate of drug-likeness (QED) is 0.152. The average Bonchev–Trinajstić information content (AvgIpc) is 2.96. The monoisotopic (exact) mass is 552 g/mol. The van der Waals surface area contributed by atoms with E-state index in [1.165, 1.54) is 6.08 Å². The number of aryl methyl sites for hydroxylation is 1. The summed E-state index contributed by atoms with van der Waals surface area (Å²) in [5.74, 6) is 0.951. The highest BCUT2D eigenvalue weighted by Gasteiger charge is 2.15. The highest BCUT2D eigenvalue weighted by Crippen LogP contribution is 2.38. The maximum atomic E-state index is 12.9. The summed E-state index contributed by atoms with van der Waals surface area (Å²) in [5.41, 5.74) is 4.17. The molecule has 0 bridgehead atoms. The molecule has 202 valence electrons. The van der Waals surface area contributed by atoms with Gasteiger partial charge in [-0.3, -0.25) is 4.79 Å². The lowest BCUT2D eigenvalue weighted by Gasteiger charge is -2.15. The Bertz CT molecular complexity index is 1530. The minimum absolute atomic E-state index is 0.0867. The fourth-order valence-corrected chi connectivity index (χ4v) is 4.19. The number of hydrogen-bond donors (Lipinski definition) is 1. The van der Waals surface area contributed by atoms with Crippen LogP contribution in [0.5, 0.6) is 17.2 Å². The van der Waals surface area contributed by atoms with Crippen LogP contribution in [0.3, 0.4) is 0 Å². The maximum Gasteiger partial charge on any atom is 0.266 e. The molecule has 0 aliphatic rings. The van der Waals surface area contributed by atoms with E-state index in [1.807, 2.05) is 74.5 Å². The fraction of sp³-hybridized carbons (Fsp3) is 0.152. The molecular formula is C33H29ClN2O4. The van der Waals surface area contributed by atoms with Crippen LogP contribution >= 0.6 is 11.6 Å². The van der Waals surface area contributed by atoms with E-state index in [1.54, 1.807) is 36.4 Å². The number of benzene rings is 4. The van der Waals surface area contributed by atoms with Crippen LogP contribution in [0, 0.1) is 18.3 Å². The molecule has 0 fully saturated rings. The Labute approximate surface area is 239 Å². The van der Waals surface area contributed by atoms with Crippen LogP contribution in [0.25, 0.3) is 6.08 Å². The van der Waals surface area contributed by atoms with Gasteiger partial charge in [0.1, 0.15) is 30.6 Å². The molecular weight excluding hydrogens is 524 g/mol. The van der Waals surface area contributed by atoms with E-state index < -0.39 is 5.91 Å². The van der Waals surface area contributed by atoms with E-state index in [2.05, 4.69) is 5.32 Å². The molecule has 0 aromatic heterocycles. The summed E-state index contributed by atoms with van der Waals surface area (Å²) < 4.78 is 17.5. The van der Waals surface area contributed by atoms with E-state index >= 15 is 0 Å². The highest BCUT2D eigenvalue weighted by molar-refractivity contribution is 6.32. The molecule has 0 atom stereocenters. The molecule has 0 aliphatic heterocycles. The van der Waals surface area contributed by atoms with Crippen molar-refractivity contribution in [3.63, 3.8) is 0 Å². The normalized spacial score (nSPS) is 10.9. The Balaban J connectivity index is 1.44.